The molecule has 0 aliphatic carbocycles. The van der Waals surface area contributed by atoms with E-state index in [-0.39, 0.29) is 5.92 Å². The standard InChI is InChI=1S/C18H22N6O2S/c1-27(25,26)23-10-4-5-14(12-23)11-20-18-19-9-8-17(22-18)24-13-21-15-6-2-3-7-16(15)24/h2-3,6-9,13-14H,4-5,10-12H2,1H3,(H,19,20,22). The lowest BCUT2D eigenvalue weighted by Crippen LogP contribution is -2.41. The molecule has 4 rings (SSSR count). The number of imidazole rings is 1. The number of hydrogen-bond acceptors (Lipinski definition) is 6. The third-order valence-corrected chi connectivity index (χ3v) is 6.11. The van der Waals surface area contributed by atoms with Gasteiger partial charge in [-0.15, -0.1) is 0 Å². The van der Waals surface area contributed by atoms with E-state index in [1.807, 2.05) is 34.9 Å². The largest absolute Gasteiger partial charge is 0.354 e. The molecule has 1 aliphatic rings. The van der Waals surface area contributed by atoms with Crippen molar-refractivity contribution < 1.29 is 8.42 Å². The molecule has 2 aromatic heterocycles. The van der Waals surface area contributed by atoms with Gasteiger partial charge >= 0.3 is 0 Å². The Bertz CT molecular complexity index is 1050. The minimum absolute atomic E-state index is 0.245. The first-order valence-electron chi connectivity index (χ1n) is 8.95. The molecule has 0 amide bonds. The normalized spacial score (nSPS) is 18.6. The Balaban J connectivity index is 1.47. The average Bonchev–Trinajstić information content (AvgIpc) is 3.10. The number of para-hydroxylation sites is 2. The number of anilines is 1. The van der Waals surface area contributed by atoms with E-state index in [0.29, 0.717) is 25.6 Å². The molecule has 0 spiro atoms. The maximum Gasteiger partial charge on any atom is 0.224 e. The Hall–Kier alpha value is -2.52. The lowest BCUT2D eigenvalue weighted by atomic mass is 10.00. The number of aromatic nitrogens is 4. The highest BCUT2D eigenvalue weighted by Crippen LogP contribution is 2.20. The van der Waals surface area contributed by atoms with Gasteiger partial charge in [-0.2, -0.15) is 4.98 Å². The highest BCUT2D eigenvalue weighted by Gasteiger charge is 2.25. The molecule has 3 heterocycles. The number of nitrogens with one attached hydrogen (secondary N) is 1. The fourth-order valence-electron chi connectivity index (χ4n) is 3.44. The molecule has 1 N–H and O–H groups in total. The second kappa shape index (κ2) is 7.24. The summed E-state index contributed by atoms with van der Waals surface area (Å²) in [5, 5.41) is 3.26. The van der Waals surface area contributed by atoms with Crippen molar-refractivity contribution in [2.45, 2.75) is 12.8 Å². The molecule has 1 aliphatic heterocycles. The number of rotatable bonds is 5. The zero-order valence-electron chi connectivity index (χ0n) is 15.1. The molecule has 1 saturated heterocycles. The van der Waals surface area contributed by atoms with Crippen LogP contribution >= 0.6 is 0 Å². The molecule has 142 valence electrons. The Kier molecular flexibility index (Phi) is 4.79. The number of fused-ring (bicyclic) bond motifs is 1. The van der Waals surface area contributed by atoms with Crippen molar-refractivity contribution in [2.75, 3.05) is 31.2 Å². The maximum atomic E-state index is 11.8. The summed E-state index contributed by atoms with van der Waals surface area (Å²) in [5.74, 6) is 1.51. The van der Waals surface area contributed by atoms with Crippen LogP contribution in [0.2, 0.25) is 0 Å². The summed E-state index contributed by atoms with van der Waals surface area (Å²) in [4.78, 5) is 13.3. The van der Waals surface area contributed by atoms with Gasteiger partial charge in [-0.25, -0.2) is 22.7 Å². The third-order valence-electron chi connectivity index (χ3n) is 4.84. The van der Waals surface area contributed by atoms with Crippen LogP contribution in [0.5, 0.6) is 0 Å². The van der Waals surface area contributed by atoms with Gasteiger partial charge in [-0.05, 0) is 37.0 Å². The van der Waals surface area contributed by atoms with Crippen LogP contribution in [0.15, 0.2) is 42.9 Å². The van der Waals surface area contributed by atoms with Gasteiger partial charge in [0, 0.05) is 25.8 Å². The molecule has 1 aromatic carbocycles. The number of sulfonamides is 1. The molecular weight excluding hydrogens is 364 g/mol. The SMILES string of the molecule is CS(=O)(=O)N1CCCC(CNc2nccc(-n3cnc4ccccc43)n2)C1. The summed E-state index contributed by atoms with van der Waals surface area (Å²) in [6.07, 6.45) is 6.60. The lowest BCUT2D eigenvalue weighted by Gasteiger charge is -2.30. The van der Waals surface area contributed by atoms with Gasteiger partial charge in [0.1, 0.15) is 12.1 Å². The van der Waals surface area contributed by atoms with E-state index >= 15 is 0 Å². The molecule has 0 saturated carbocycles. The first-order valence-corrected chi connectivity index (χ1v) is 10.8. The van der Waals surface area contributed by atoms with Gasteiger partial charge in [0.2, 0.25) is 16.0 Å². The molecule has 1 unspecified atom stereocenters. The fraction of sp³-hybridized carbons (Fsp3) is 0.389. The monoisotopic (exact) mass is 386 g/mol. The Labute approximate surface area is 158 Å². The lowest BCUT2D eigenvalue weighted by molar-refractivity contribution is 0.276. The molecular formula is C18H22N6O2S. The van der Waals surface area contributed by atoms with E-state index in [9.17, 15) is 8.42 Å². The zero-order valence-corrected chi connectivity index (χ0v) is 15.9. The van der Waals surface area contributed by atoms with Crippen LogP contribution in [0.25, 0.3) is 16.9 Å². The van der Waals surface area contributed by atoms with Crippen molar-refractivity contribution >= 4 is 27.0 Å². The predicted molar refractivity (Wildman–Crippen MR) is 104 cm³/mol. The second-order valence-electron chi connectivity index (χ2n) is 6.85. The van der Waals surface area contributed by atoms with Crippen molar-refractivity contribution in [3.63, 3.8) is 0 Å². The number of benzene rings is 1. The smallest absolute Gasteiger partial charge is 0.224 e. The minimum atomic E-state index is -3.13. The summed E-state index contributed by atoms with van der Waals surface area (Å²) in [7, 11) is -3.13. The Morgan fingerprint density at radius 3 is 2.93 bits per heavy atom. The van der Waals surface area contributed by atoms with Crippen LogP contribution in [0.4, 0.5) is 5.95 Å². The van der Waals surface area contributed by atoms with Gasteiger partial charge in [-0.1, -0.05) is 12.1 Å². The van der Waals surface area contributed by atoms with Gasteiger partial charge < -0.3 is 5.32 Å². The molecule has 0 radical (unpaired) electrons. The Morgan fingerprint density at radius 1 is 1.22 bits per heavy atom. The number of piperidine rings is 1. The van der Waals surface area contributed by atoms with E-state index in [2.05, 4.69) is 20.3 Å². The molecule has 3 aromatic rings. The van der Waals surface area contributed by atoms with Crippen LogP contribution in [0.1, 0.15) is 12.8 Å². The first-order chi connectivity index (χ1) is 13.0. The molecule has 27 heavy (non-hydrogen) atoms. The van der Waals surface area contributed by atoms with Crippen LogP contribution in [-0.2, 0) is 10.0 Å². The maximum absolute atomic E-state index is 11.8. The van der Waals surface area contributed by atoms with E-state index in [4.69, 9.17) is 0 Å². The topological polar surface area (TPSA) is 93.0 Å². The summed E-state index contributed by atoms with van der Waals surface area (Å²) in [6.45, 7) is 1.78. The van der Waals surface area contributed by atoms with Crippen LogP contribution in [-0.4, -0.2) is 58.1 Å². The summed E-state index contributed by atoms with van der Waals surface area (Å²) >= 11 is 0. The van der Waals surface area contributed by atoms with E-state index in [1.54, 1.807) is 16.8 Å². The van der Waals surface area contributed by atoms with E-state index in [0.717, 1.165) is 29.7 Å². The fourth-order valence-corrected chi connectivity index (χ4v) is 4.38. The zero-order chi connectivity index (χ0) is 18.9. The van der Waals surface area contributed by atoms with Gasteiger partial charge in [0.25, 0.3) is 0 Å². The van der Waals surface area contributed by atoms with Crippen LogP contribution in [0.3, 0.4) is 0 Å². The van der Waals surface area contributed by atoms with Gasteiger partial charge in [-0.3, -0.25) is 4.57 Å². The highest BCUT2D eigenvalue weighted by atomic mass is 32.2. The second-order valence-corrected chi connectivity index (χ2v) is 8.83. The van der Waals surface area contributed by atoms with Crippen molar-refractivity contribution in [1.29, 1.82) is 0 Å². The van der Waals surface area contributed by atoms with Crippen molar-refractivity contribution in [2.24, 2.45) is 5.92 Å². The van der Waals surface area contributed by atoms with Crippen molar-refractivity contribution in [3.8, 4) is 5.82 Å². The summed E-state index contributed by atoms with van der Waals surface area (Å²) < 4.78 is 27.0. The molecule has 9 heteroatoms. The average molecular weight is 386 g/mol. The predicted octanol–water partition coefficient (Wildman–Crippen LogP) is 1.90. The highest BCUT2D eigenvalue weighted by molar-refractivity contribution is 7.88. The molecule has 8 nitrogen and oxygen atoms in total. The summed E-state index contributed by atoms with van der Waals surface area (Å²) in [5.41, 5.74) is 1.90. The molecule has 1 fully saturated rings. The quantitative estimate of drug-likeness (QED) is 0.720. The van der Waals surface area contributed by atoms with Crippen molar-refractivity contribution in [3.05, 3.63) is 42.9 Å². The number of hydrogen-bond donors (Lipinski definition) is 1. The molecule has 1 atom stereocenters. The van der Waals surface area contributed by atoms with Crippen molar-refractivity contribution in [1.82, 2.24) is 23.8 Å². The summed E-state index contributed by atoms with van der Waals surface area (Å²) in [6, 6.07) is 9.72. The van der Waals surface area contributed by atoms with Gasteiger partial charge in [0.05, 0.1) is 17.3 Å². The Morgan fingerprint density at radius 2 is 2.07 bits per heavy atom. The van der Waals surface area contributed by atoms with Crippen LogP contribution < -0.4 is 5.32 Å². The van der Waals surface area contributed by atoms with E-state index in [1.165, 1.54) is 6.26 Å². The molecule has 0 bridgehead atoms. The third kappa shape index (κ3) is 3.93. The minimum Gasteiger partial charge on any atom is -0.354 e. The number of nitrogens with zero attached hydrogens (tertiary/aromatic N) is 5. The van der Waals surface area contributed by atoms with Crippen LogP contribution in [0, 0.1) is 5.92 Å². The van der Waals surface area contributed by atoms with E-state index < -0.39 is 10.0 Å². The first kappa shape index (κ1) is 17.9. The van der Waals surface area contributed by atoms with Gasteiger partial charge in [0.15, 0.2) is 0 Å².